The molecule has 1 aliphatic rings. The van der Waals surface area contributed by atoms with Gasteiger partial charge in [-0.25, -0.2) is 0 Å². The van der Waals surface area contributed by atoms with Crippen molar-refractivity contribution in [3.8, 4) is 0 Å². The average molecular weight is 388 g/mol. The topological polar surface area (TPSA) is 67.2 Å². The number of aryl methyl sites for hydroxylation is 1. The molecule has 0 saturated carbocycles. The second-order valence-corrected chi connectivity index (χ2v) is 7.31. The van der Waals surface area contributed by atoms with Crippen molar-refractivity contribution in [3.63, 3.8) is 0 Å². The van der Waals surface area contributed by atoms with Gasteiger partial charge in [-0.1, -0.05) is 43.0 Å². The first-order valence-electron chi connectivity index (χ1n) is 9.75. The van der Waals surface area contributed by atoms with Crippen molar-refractivity contribution in [2.45, 2.75) is 25.9 Å². The lowest BCUT2D eigenvalue weighted by Crippen LogP contribution is -2.35. The van der Waals surface area contributed by atoms with Crippen LogP contribution in [0.1, 0.15) is 22.4 Å². The number of benzene rings is 2. The molecule has 0 aliphatic carbocycles. The molecule has 29 heavy (non-hydrogen) atoms. The molecule has 2 heterocycles. The molecule has 0 unspecified atom stereocenters. The smallest absolute Gasteiger partial charge is 0.246 e. The first kappa shape index (κ1) is 18.9. The van der Waals surface area contributed by atoms with Crippen molar-refractivity contribution in [1.29, 1.82) is 0 Å². The van der Waals surface area contributed by atoms with E-state index in [2.05, 4.69) is 17.0 Å². The molecule has 1 N–H and O–H groups in total. The van der Waals surface area contributed by atoms with Crippen molar-refractivity contribution in [2.24, 2.45) is 7.05 Å². The van der Waals surface area contributed by atoms with Crippen LogP contribution in [0.15, 0.2) is 55.1 Å². The largest absolute Gasteiger partial charge is 0.352 e. The molecule has 2 amide bonds. The molecule has 6 nitrogen and oxygen atoms in total. The minimum Gasteiger partial charge on any atom is -0.352 e. The van der Waals surface area contributed by atoms with Gasteiger partial charge in [-0.2, -0.15) is 5.10 Å². The minimum absolute atomic E-state index is 0.0445. The number of nitrogens with zero attached hydrogens (tertiary/aromatic N) is 3. The van der Waals surface area contributed by atoms with Crippen molar-refractivity contribution < 1.29 is 9.59 Å². The summed E-state index contributed by atoms with van der Waals surface area (Å²) in [6.07, 6.45) is 2.39. The third kappa shape index (κ3) is 3.78. The molecule has 1 aromatic heterocycles. The molecular formula is C23H24N4O2. The summed E-state index contributed by atoms with van der Waals surface area (Å²) in [4.78, 5) is 26.2. The molecule has 148 valence electrons. The second kappa shape index (κ2) is 7.91. The van der Waals surface area contributed by atoms with E-state index in [1.54, 1.807) is 4.90 Å². The highest BCUT2D eigenvalue weighted by Gasteiger charge is 2.21. The number of nitrogens with one attached hydrogen (secondary N) is 1. The SMILES string of the molecule is C=CC(=O)N1CCc2c(CNC(=O)Cc3nn(C)c4ccccc34)cccc2C1. The standard InChI is InChI=1S/C23H24N4O2/c1-3-23(29)27-12-11-18-16(7-6-8-17(18)15-27)14-24-22(28)13-20-19-9-4-5-10-21(19)26(2)25-20/h3-10H,1,11-15H2,2H3,(H,24,28). The van der Waals surface area contributed by atoms with E-state index in [9.17, 15) is 9.59 Å². The zero-order chi connectivity index (χ0) is 20.4. The number of hydrogen-bond acceptors (Lipinski definition) is 3. The molecule has 0 saturated heterocycles. The molecule has 0 radical (unpaired) electrons. The zero-order valence-corrected chi connectivity index (χ0v) is 16.5. The molecule has 4 rings (SSSR count). The summed E-state index contributed by atoms with van der Waals surface area (Å²) in [6.45, 7) is 5.30. The molecule has 0 bridgehead atoms. The number of amides is 2. The summed E-state index contributed by atoms with van der Waals surface area (Å²) in [5.41, 5.74) is 5.27. The molecule has 3 aromatic rings. The van der Waals surface area contributed by atoms with Gasteiger partial charge in [0, 0.05) is 32.1 Å². The van der Waals surface area contributed by atoms with Crippen LogP contribution in [0.4, 0.5) is 0 Å². The number of hydrogen-bond donors (Lipinski definition) is 1. The Bertz CT molecular complexity index is 1100. The van der Waals surface area contributed by atoms with E-state index < -0.39 is 0 Å². The van der Waals surface area contributed by atoms with Crippen LogP contribution in [0.5, 0.6) is 0 Å². The highest BCUT2D eigenvalue weighted by molar-refractivity contribution is 5.88. The predicted octanol–water partition coefficient (Wildman–Crippen LogP) is 2.50. The van der Waals surface area contributed by atoms with Gasteiger partial charge >= 0.3 is 0 Å². The predicted molar refractivity (Wildman–Crippen MR) is 112 cm³/mol. The number of para-hydroxylation sites is 1. The average Bonchev–Trinajstić information content (AvgIpc) is 3.06. The van der Waals surface area contributed by atoms with Crippen molar-refractivity contribution in [3.05, 3.63) is 77.5 Å². The highest BCUT2D eigenvalue weighted by atomic mass is 16.2. The summed E-state index contributed by atoms with van der Waals surface area (Å²) in [5, 5.41) is 8.54. The van der Waals surface area contributed by atoms with Crippen LogP contribution in [0.2, 0.25) is 0 Å². The molecule has 0 spiro atoms. The van der Waals surface area contributed by atoms with Gasteiger partial charge in [0.05, 0.1) is 17.6 Å². The van der Waals surface area contributed by atoms with Crippen molar-refractivity contribution >= 4 is 22.7 Å². The lowest BCUT2D eigenvalue weighted by molar-refractivity contribution is -0.126. The summed E-state index contributed by atoms with van der Waals surface area (Å²) >= 11 is 0. The quantitative estimate of drug-likeness (QED) is 0.683. The van der Waals surface area contributed by atoms with Crippen molar-refractivity contribution in [2.75, 3.05) is 6.54 Å². The van der Waals surface area contributed by atoms with E-state index in [1.807, 2.05) is 54.2 Å². The molecule has 0 fully saturated rings. The van der Waals surface area contributed by atoms with Crippen LogP contribution in [0, 0.1) is 0 Å². The van der Waals surface area contributed by atoms with Crippen molar-refractivity contribution in [1.82, 2.24) is 20.0 Å². The van der Waals surface area contributed by atoms with E-state index in [0.29, 0.717) is 19.6 Å². The van der Waals surface area contributed by atoms with Crippen LogP contribution in [-0.2, 0) is 42.6 Å². The van der Waals surface area contributed by atoms with Crippen LogP contribution in [0.3, 0.4) is 0 Å². The fraction of sp³-hybridized carbons (Fsp3) is 0.261. The van der Waals surface area contributed by atoms with Gasteiger partial charge in [-0.3, -0.25) is 14.3 Å². The monoisotopic (exact) mass is 388 g/mol. The summed E-state index contributed by atoms with van der Waals surface area (Å²) in [5.74, 6) is -0.0947. The Kier molecular flexibility index (Phi) is 5.16. The Morgan fingerprint density at radius 3 is 2.86 bits per heavy atom. The number of carbonyl (C=O) groups excluding carboxylic acids is 2. The minimum atomic E-state index is -0.0503. The highest BCUT2D eigenvalue weighted by Crippen LogP contribution is 2.23. The third-order valence-corrected chi connectivity index (χ3v) is 5.49. The maximum absolute atomic E-state index is 12.6. The Morgan fingerprint density at radius 2 is 2.03 bits per heavy atom. The Morgan fingerprint density at radius 1 is 1.21 bits per heavy atom. The maximum Gasteiger partial charge on any atom is 0.246 e. The fourth-order valence-electron chi connectivity index (χ4n) is 4.00. The molecule has 0 atom stereocenters. The maximum atomic E-state index is 12.6. The normalized spacial score (nSPS) is 13.2. The van der Waals surface area contributed by atoms with Crippen LogP contribution < -0.4 is 5.32 Å². The van der Waals surface area contributed by atoms with E-state index in [0.717, 1.165) is 34.1 Å². The molecule has 6 heteroatoms. The summed E-state index contributed by atoms with van der Waals surface area (Å²) in [7, 11) is 1.89. The summed E-state index contributed by atoms with van der Waals surface area (Å²) in [6, 6.07) is 14.0. The number of aromatic nitrogens is 2. The first-order chi connectivity index (χ1) is 14.1. The van der Waals surface area contributed by atoms with Gasteiger partial charge in [0.15, 0.2) is 0 Å². The second-order valence-electron chi connectivity index (χ2n) is 7.31. The number of fused-ring (bicyclic) bond motifs is 2. The van der Waals surface area contributed by atoms with Gasteiger partial charge in [0.2, 0.25) is 11.8 Å². The number of carbonyl (C=O) groups is 2. The zero-order valence-electron chi connectivity index (χ0n) is 16.5. The number of rotatable bonds is 5. The Balaban J connectivity index is 1.44. The van der Waals surface area contributed by atoms with Crippen LogP contribution in [-0.4, -0.2) is 33.0 Å². The van der Waals surface area contributed by atoms with E-state index in [1.165, 1.54) is 11.6 Å². The van der Waals surface area contributed by atoms with Crippen LogP contribution in [0.25, 0.3) is 10.9 Å². The first-order valence-corrected chi connectivity index (χ1v) is 9.75. The molecule has 2 aromatic carbocycles. The van der Waals surface area contributed by atoms with E-state index in [-0.39, 0.29) is 18.2 Å². The van der Waals surface area contributed by atoms with Gasteiger partial charge in [0.1, 0.15) is 0 Å². The Hall–Kier alpha value is -3.41. The molecule has 1 aliphatic heterocycles. The van der Waals surface area contributed by atoms with Gasteiger partial charge < -0.3 is 10.2 Å². The van der Waals surface area contributed by atoms with Crippen LogP contribution >= 0.6 is 0 Å². The Labute approximate surface area is 169 Å². The van der Waals surface area contributed by atoms with Gasteiger partial charge in [-0.15, -0.1) is 0 Å². The molecular weight excluding hydrogens is 364 g/mol. The van der Waals surface area contributed by atoms with E-state index in [4.69, 9.17) is 0 Å². The summed E-state index contributed by atoms with van der Waals surface area (Å²) < 4.78 is 1.81. The van der Waals surface area contributed by atoms with E-state index >= 15 is 0 Å². The lowest BCUT2D eigenvalue weighted by atomic mass is 9.94. The van der Waals surface area contributed by atoms with Gasteiger partial charge in [-0.05, 0) is 35.3 Å². The lowest BCUT2D eigenvalue weighted by Gasteiger charge is -2.29. The van der Waals surface area contributed by atoms with Gasteiger partial charge in [0.25, 0.3) is 0 Å². The third-order valence-electron chi connectivity index (χ3n) is 5.49. The fourth-order valence-corrected chi connectivity index (χ4v) is 4.00.